The van der Waals surface area contributed by atoms with Crippen LogP contribution in [0.3, 0.4) is 0 Å². The van der Waals surface area contributed by atoms with Crippen LogP contribution >= 0.6 is 0 Å². The molecule has 0 radical (unpaired) electrons. The fourth-order valence-electron chi connectivity index (χ4n) is 7.20. The molecule has 3 aliphatic rings. The van der Waals surface area contributed by atoms with Gasteiger partial charge in [-0.15, -0.1) is 0 Å². The van der Waals surface area contributed by atoms with Crippen molar-refractivity contribution in [3.8, 4) is 11.1 Å². The zero-order valence-corrected chi connectivity index (χ0v) is 26.1. The first-order chi connectivity index (χ1) is 22.5. The summed E-state index contributed by atoms with van der Waals surface area (Å²) in [5, 5.41) is 12.7. The van der Waals surface area contributed by atoms with Crippen LogP contribution in [0.5, 0.6) is 0 Å². The summed E-state index contributed by atoms with van der Waals surface area (Å²) in [5.74, 6) is 0.127. The Bertz CT molecular complexity index is 1640. The van der Waals surface area contributed by atoms with Crippen molar-refractivity contribution in [2.24, 2.45) is 5.73 Å². The van der Waals surface area contributed by atoms with Crippen LogP contribution in [0.1, 0.15) is 53.9 Å². The van der Waals surface area contributed by atoms with Gasteiger partial charge in [0.2, 0.25) is 5.91 Å². The fourth-order valence-corrected chi connectivity index (χ4v) is 7.20. The SMILES string of the molecule is NCc1cccc(-c2cccc([C@H]3O[C@@H](CN4CCC5(CC4)C(=O)NCN5c4ccccc4)C[C@@H](c4ccc(CO)cc4)O3)c2)c1. The zero-order chi connectivity index (χ0) is 31.5. The molecule has 8 nitrogen and oxygen atoms in total. The fraction of sp³-hybridized carbons (Fsp3) is 0.342. The Balaban J connectivity index is 1.10. The van der Waals surface area contributed by atoms with E-state index in [4.69, 9.17) is 15.2 Å². The van der Waals surface area contributed by atoms with Gasteiger partial charge in [-0.1, -0.05) is 78.9 Å². The molecule has 7 rings (SSSR count). The Hall–Kier alpha value is -4.05. The summed E-state index contributed by atoms with van der Waals surface area (Å²) < 4.78 is 13.4. The van der Waals surface area contributed by atoms with E-state index in [9.17, 15) is 9.90 Å². The number of nitrogens with zero attached hydrogens (tertiary/aromatic N) is 2. The van der Waals surface area contributed by atoms with Crippen molar-refractivity contribution in [1.29, 1.82) is 0 Å². The summed E-state index contributed by atoms with van der Waals surface area (Å²) in [7, 11) is 0. The van der Waals surface area contributed by atoms with E-state index >= 15 is 0 Å². The van der Waals surface area contributed by atoms with Crippen LogP contribution in [0.4, 0.5) is 5.69 Å². The number of carbonyl (C=O) groups excluding carboxylic acids is 1. The molecule has 238 valence electrons. The molecule has 46 heavy (non-hydrogen) atoms. The maximum atomic E-state index is 13.2. The second-order valence-corrected chi connectivity index (χ2v) is 12.6. The molecule has 3 aliphatic heterocycles. The van der Waals surface area contributed by atoms with E-state index in [1.807, 2.05) is 54.6 Å². The zero-order valence-electron chi connectivity index (χ0n) is 26.1. The van der Waals surface area contributed by atoms with Crippen LogP contribution in [-0.4, -0.2) is 53.9 Å². The molecule has 1 amide bonds. The molecule has 0 unspecified atom stereocenters. The molecule has 3 heterocycles. The normalized spacial score (nSPS) is 23.0. The number of hydrogen-bond donors (Lipinski definition) is 3. The molecular formula is C38H42N4O4. The van der Waals surface area contributed by atoms with Crippen LogP contribution in [0.25, 0.3) is 11.1 Å². The Morgan fingerprint density at radius 2 is 1.57 bits per heavy atom. The van der Waals surface area contributed by atoms with E-state index in [-0.39, 0.29) is 24.7 Å². The maximum absolute atomic E-state index is 13.2. The van der Waals surface area contributed by atoms with Gasteiger partial charge in [-0.25, -0.2) is 0 Å². The molecular weight excluding hydrogens is 576 g/mol. The lowest BCUT2D eigenvalue weighted by atomic mass is 9.85. The van der Waals surface area contributed by atoms with Gasteiger partial charge >= 0.3 is 0 Å². The third-order valence-electron chi connectivity index (χ3n) is 9.82. The standard InChI is InChI=1S/C38H42N4O4/c39-23-28-6-4-7-30(20-28)31-8-5-9-32(21-31)36-45-34(22-35(46-36)29-14-12-27(25-43)13-15-29)24-41-18-16-38(17-19-41)37(44)40-26-42(38)33-10-2-1-3-11-33/h1-15,20-21,34-36,43H,16-19,22-26,39H2,(H,40,44)/t34-,35+,36+/m1/s1. The monoisotopic (exact) mass is 618 g/mol. The van der Waals surface area contributed by atoms with E-state index in [1.54, 1.807) is 0 Å². The molecule has 0 aromatic heterocycles. The number of nitrogens with one attached hydrogen (secondary N) is 1. The largest absolute Gasteiger partial charge is 0.392 e. The van der Waals surface area contributed by atoms with Gasteiger partial charge in [0.25, 0.3) is 0 Å². The number of rotatable bonds is 8. The molecule has 4 aromatic rings. The van der Waals surface area contributed by atoms with Crippen molar-refractivity contribution < 1.29 is 19.4 Å². The van der Waals surface area contributed by atoms with Gasteiger partial charge in [0.05, 0.1) is 25.5 Å². The number of carbonyl (C=O) groups is 1. The first kappa shape index (κ1) is 30.6. The predicted molar refractivity (Wildman–Crippen MR) is 179 cm³/mol. The topological polar surface area (TPSA) is 100 Å². The molecule has 3 atom stereocenters. The van der Waals surface area contributed by atoms with E-state index in [1.165, 1.54) is 0 Å². The molecule has 4 N–H and O–H groups in total. The highest BCUT2D eigenvalue weighted by Gasteiger charge is 2.50. The molecule has 8 heteroatoms. The van der Waals surface area contributed by atoms with Crippen LogP contribution in [0, 0.1) is 0 Å². The number of piperidine rings is 1. The Labute approximate surface area is 270 Å². The summed E-state index contributed by atoms with van der Waals surface area (Å²) in [6, 6.07) is 34.9. The van der Waals surface area contributed by atoms with Crippen molar-refractivity contribution in [2.75, 3.05) is 31.2 Å². The van der Waals surface area contributed by atoms with Gasteiger partial charge in [-0.3, -0.25) is 4.79 Å². The molecule has 0 bridgehead atoms. The molecule has 4 aromatic carbocycles. The van der Waals surface area contributed by atoms with E-state index in [0.717, 1.165) is 71.5 Å². The molecule has 1 spiro atoms. The molecule has 0 aliphatic carbocycles. The lowest BCUT2D eigenvalue weighted by Gasteiger charge is -2.45. The minimum absolute atomic E-state index is 0.00842. The highest BCUT2D eigenvalue weighted by Crippen LogP contribution is 2.41. The average molecular weight is 619 g/mol. The smallest absolute Gasteiger partial charge is 0.247 e. The Morgan fingerprint density at radius 3 is 2.30 bits per heavy atom. The number of likely N-dealkylation sites (tertiary alicyclic amines) is 1. The molecule has 3 fully saturated rings. The minimum Gasteiger partial charge on any atom is -0.392 e. The van der Waals surface area contributed by atoms with Crippen LogP contribution < -0.4 is 16.0 Å². The van der Waals surface area contributed by atoms with Crippen molar-refractivity contribution in [3.05, 3.63) is 125 Å². The number of ether oxygens (including phenoxy) is 2. The van der Waals surface area contributed by atoms with E-state index in [2.05, 4.69) is 63.6 Å². The van der Waals surface area contributed by atoms with Gasteiger partial charge < -0.3 is 35.4 Å². The van der Waals surface area contributed by atoms with Gasteiger partial charge in [-0.2, -0.15) is 0 Å². The molecule has 3 saturated heterocycles. The Kier molecular flexibility index (Phi) is 8.88. The second kappa shape index (κ2) is 13.4. The van der Waals surface area contributed by atoms with Gasteiger partial charge in [0, 0.05) is 43.9 Å². The third kappa shape index (κ3) is 6.19. The molecule has 0 saturated carbocycles. The summed E-state index contributed by atoms with van der Waals surface area (Å²) in [5.41, 5.74) is 12.7. The summed E-state index contributed by atoms with van der Waals surface area (Å²) in [6.45, 7) is 3.42. The van der Waals surface area contributed by atoms with Crippen molar-refractivity contribution >= 4 is 11.6 Å². The number of aliphatic hydroxyl groups is 1. The van der Waals surface area contributed by atoms with Gasteiger partial charge in [0.1, 0.15) is 5.54 Å². The highest BCUT2D eigenvalue weighted by atomic mass is 16.7. The summed E-state index contributed by atoms with van der Waals surface area (Å²) in [6.07, 6.45) is 1.47. The first-order valence-electron chi connectivity index (χ1n) is 16.3. The maximum Gasteiger partial charge on any atom is 0.247 e. The number of nitrogens with two attached hydrogens (primary N) is 1. The highest BCUT2D eigenvalue weighted by molar-refractivity contribution is 5.93. The number of aliphatic hydroxyl groups excluding tert-OH is 1. The number of hydrogen-bond acceptors (Lipinski definition) is 7. The van der Waals surface area contributed by atoms with Crippen molar-refractivity contribution in [2.45, 2.75) is 56.5 Å². The van der Waals surface area contributed by atoms with Crippen LogP contribution in [-0.2, 0) is 27.4 Å². The minimum atomic E-state index is -0.538. The number of para-hydroxylation sites is 1. The van der Waals surface area contributed by atoms with Gasteiger partial charge in [0.15, 0.2) is 6.29 Å². The Morgan fingerprint density at radius 1 is 0.826 bits per heavy atom. The number of anilines is 1. The second-order valence-electron chi connectivity index (χ2n) is 12.6. The lowest BCUT2D eigenvalue weighted by molar-refractivity contribution is -0.253. The van der Waals surface area contributed by atoms with Crippen molar-refractivity contribution in [3.63, 3.8) is 0 Å². The number of benzene rings is 4. The predicted octanol–water partition coefficient (Wildman–Crippen LogP) is 5.28. The first-order valence-corrected chi connectivity index (χ1v) is 16.3. The van der Waals surface area contributed by atoms with E-state index in [0.29, 0.717) is 19.6 Å². The lowest BCUT2D eigenvalue weighted by Crippen LogP contribution is -2.57. The average Bonchev–Trinajstić information content (AvgIpc) is 3.44. The van der Waals surface area contributed by atoms with Crippen LogP contribution in [0.15, 0.2) is 103 Å². The summed E-state index contributed by atoms with van der Waals surface area (Å²) in [4.78, 5) is 17.9. The quantitative estimate of drug-likeness (QED) is 0.247. The third-order valence-corrected chi connectivity index (χ3v) is 9.82. The summed E-state index contributed by atoms with van der Waals surface area (Å²) >= 11 is 0. The van der Waals surface area contributed by atoms with E-state index < -0.39 is 11.8 Å². The van der Waals surface area contributed by atoms with Gasteiger partial charge in [-0.05, 0) is 64.9 Å². The van der Waals surface area contributed by atoms with Crippen LogP contribution in [0.2, 0.25) is 0 Å². The number of amides is 1. The van der Waals surface area contributed by atoms with Crippen molar-refractivity contribution in [1.82, 2.24) is 10.2 Å².